The molecule has 0 heterocycles. The zero-order chi connectivity index (χ0) is 12.5. The number of rotatable bonds is 3. The Morgan fingerprint density at radius 3 is 2.41 bits per heavy atom. The van der Waals surface area contributed by atoms with E-state index < -0.39 is 5.41 Å². The molecule has 2 unspecified atom stereocenters. The summed E-state index contributed by atoms with van der Waals surface area (Å²) in [4.78, 5) is 24.1. The molecule has 0 spiro atoms. The Bertz CT molecular complexity index is 435. The van der Waals surface area contributed by atoms with Crippen LogP contribution in [0.3, 0.4) is 0 Å². The molecule has 2 atom stereocenters. The fourth-order valence-electron chi connectivity index (χ4n) is 3.05. The lowest BCUT2D eigenvalue weighted by atomic mass is 9.68. The van der Waals surface area contributed by atoms with Crippen LogP contribution in [0.25, 0.3) is 0 Å². The summed E-state index contributed by atoms with van der Waals surface area (Å²) in [5.41, 5.74) is 0.319. The van der Waals surface area contributed by atoms with E-state index in [1.807, 2.05) is 37.3 Å². The van der Waals surface area contributed by atoms with Gasteiger partial charge in [-0.3, -0.25) is 9.59 Å². The van der Waals surface area contributed by atoms with Gasteiger partial charge in [0.15, 0.2) is 0 Å². The van der Waals surface area contributed by atoms with Gasteiger partial charge in [-0.25, -0.2) is 0 Å². The number of ketones is 2. The minimum absolute atomic E-state index is 0.0174. The van der Waals surface area contributed by atoms with Gasteiger partial charge in [0.25, 0.3) is 0 Å². The monoisotopic (exact) mass is 230 g/mol. The zero-order valence-corrected chi connectivity index (χ0v) is 10.4. The molecule has 90 valence electrons. The van der Waals surface area contributed by atoms with E-state index in [1.165, 1.54) is 0 Å². The van der Waals surface area contributed by atoms with Gasteiger partial charge < -0.3 is 0 Å². The first kappa shape index (κ1) is 12.0. The first-order chi connectivity index (χ1) is 8.09. The van der Waals surface area contributed by atoms with Crippen molar-refractivity contribution in [3.63, 3.8) is 0 Å². The van der Waals surface area contributed by atoms with E-state index in [0.717, 1.165) is 12.0 Å². The second kappa shape index (κ2) is 4.44. The standard InChI is InChI=1S/C15H18O2/c1-11(13-7-4-3-5-8-13)15(12(2)16)10-6-9-14(15)17/h3-5,7-8,11H,6,9-10H2,1-2H3. The molecule has 2 rings (SSSR count). The van der Waals surface area contributed by atoms with Gasteiger partial charge in [0, 0.05) is 12.3 Å². The third kappa shape index (κ3) is 1.82. The molecule has 2 heteroatoms. The Labute approximate surface area is 102 Å². The van der Waals surface area contributed by atoms with Gasteiger partial charge in [0.2, 0.25) is 0 Å². The fourth-order valence-corrected chi connectivity index (χ4v) is 3.05. The lowest BCUT2D eigenvalue weighted by Gasteiger charge is -2.31. The highest BCUT2D eigenvalue weighted by Crippen LogP contribution is 2.46. The second-order valence-electron chi connectivity index (χ2n) is 4.94. The summed E-state index contributed by atoms with van der Waals surface area (Å²) in [5, 5.41) is 0. The summed E-state index contributed by atoms with van der Waals surface area (Å²) in [6.45, 7) is 3.56. The molecule has 1 aromatic rings. The maximum Gasteiger partial charge on any atom is 0.147 e. The number of hydrogen-bond donors (Lipinski definition) is 0. The maximum atomic E-state index is 12.1. The fraction of sp³-hybridized carbons (Fsp3) is 0.467. The average molecular weight is 230 g/mol. The van der Waals surface area contributed by atoms with Crippen LogP contribution in [0.1, 0.15) is 44.6 Å². The van der Waals surface area contributed by atoms with Gasteiger partial charge in [0.05, 0.1) is 5.41 Å². The quantitative estimate of drug-likeness (QED) is 0.748. The zero-order valence-electron chi connectivity index (χ0n) is 10.4. The SMILES string of the molecule is CC(=O)C1(C(C)c2ccccc2)CCCC1=O. The van der Waals surface area contributed by atoms with Gasteiger partial charge in [-0.05, 0) is 25.3 Å². The summed E-state index contributed by atoms with van der Waals surface area (Å²) >= 11 is 0. The number of carbonyl (C=O) groups is 2. The van der Waals surface area contributed by atoms with Crippen LogP contribution < -0.4 is 0 Å². The molecule has 1 saturated carbocycles. The molecule has 1 aromatic carbocycles. The summed E-state index contributed by atoms with van der Waals surface area (Å²) < 4.78 is 0. The van der Waals surface area contributed by atoms with E-state index in [0.29, 0.717) is 12.8 Å². The van der Waals surface area contributed by atoms with Crippen molar-refractivity contribution in [2.45, 2.75) is 39.0 Å². The van der Waals surface area contributed by atoms with Crippen LogP contribution in [0.4, 0.5) is 0 Å². The molecule has 1 fully saturated rings. The molecule has 1 aliphatic carbocycles. The molecule has 0 bridgehead atoms. The number of hydrogen-bond acceptors (Lipinski definition) is 2. The van der Waals surface area contributed by atoms with E-state index in [1.54, 1.807) is 6.92 Å². The van der Waals surface area contributed by atoms with Crippen molar-refractivity contribution >= 4 is 11.6 Å². The average Bonchev–Trinajstić information content (AvgIpc) is 2.72. The van der Waals surface area contributed by atoms with Gasteiger partial charge >= 0.3 is 0 Å². The minimum Gasteiger partial charge on any atom is -0.299 e. The van der Waals surface area contributed by atoms with Crippen LogP contribution in [0.5, 0.6) is 0 Å². The Balaban J connectivity index is 2.42. The molecule has 0 aliphatic heterocycles. The highest BCUT2D eigenvalue weighted by atomic mass is 16.2. The van der Waals surface area contributed by atoms with E-state index in [4.69, 9.17) is 0 Å². The Morgan fingerprint density at radius 1 is 1.29 bits per heavy atom. The van der Waals surface area contributed by atoms with Crippen LogP contribution in [-0.4, -0.2) is 11.6 Å². The predicted octanol–water partition coefficient (Wildman–Crippen LogP) is 3.12. The highest BCUT2D eigenvalue weighted by Gasteiger charge is 2.50. The maximum absolute atomic E-state index is 12.1. The predicted molar refractivity (Wildman–Crippen MR) is 66.8 cm³/mol. The van der Waals surface area contributed by atoms with Crippen LogP contribution in [0, 0.1) is 5.41 Å². The van der Waals surface area contributed by atoms with Gasteiger partial charge in [-0.2, -0.15) is 0 Å². The molecule has 0 radical (unpaired) electrons. The van der Waals surface area contributed by atoms with Crippen LogP contribution in [0.2, 0.25) is 0 Å². The van der Waals surface area contributed by atoms with E-state index in [2.05, 4.69) is 0 Å². The van der Waals surface area contributed by atoms with Crippen molar-refractivity contribution in [1.29, 1.82) is 0 Å². The number of benzene rings is 1. The molecule has 1 aliphatic rings. The van der Waals surface area contributed by atoms with E-state index in [9.17, 15) is 9.59 Å². The lowest BCUT2D eigenvalue weighted by molar-refractivity contribution is -0.138. The van der Waals surface area contributed by atoms with Crippen molar-refractivity contribution in [3.8, 4) is 0 Å². The van der Waals surface area contributed by atoms with Gasteiger partial charge in [0.1, 0.15) is 11.6 Å². The molecule has 2 nitrogen and oxygen atoms in total. The Morgan fingerprint density at radius 2 is 1.94 bits per heavy atom. The van der Waals surface area contributed by atoms with Crippen molar-refractivity contribution < 1.29 is 9.59 Å². The lowest BCUT2D eigenvalue weighted by Crippen LogP contribution is -2.38. The van der Waals surface area contributed by atoms with Crippen molar-refractivity contribution in [1.82, 2.24) is 0 Å². The molecular weight excluding hydrogens is 212 g/mol. The Kier molecular flexibility index (Phi) is 3.14. The number of Topliss-reactive ketones (excluding diaryl/α,β-unsaturated/α-hetero) is 2. The number of carbonyl (C=O) groups excluding carboxylic acids is 2. The van der Waals surface area contributed by atoms with Gasteiger partial charge in [-0.15, -0.1) is 0 Å². The first-order valence-corrected chi connectivity index (χ1v) is 6.18. The molecule has 0 saturated heterocycles. The van der Waals surface area contributed by atoms with Crippen LogP contribution >= 0.6 is 0 Å². The highest BCUT2D eigenvalue weighted by molar-refractivity contribution is 6.08. The third-order valence-corrected chi connectivity index (χ3v) is 4.14. The largest absolute Gasteiger partial charge is 0.299 e. The van der Waals surface area contributed by atoms with Crippen LogP contribution in [0.15, 0.2) is 30.3 Å². The normalized spacial score (nSPS) is 25.9. The Hall–Kier alpha value is -1.44. The molecule has 0 aromatic heterocycles. The van der Waals surface area contributed by atoms with Crippen molar-refractivity contribution in [2.24, 2.45) is 5.41 Å². The summed E-state index contributed by atoms with van der Waals surface area (Å²) in [6.07, 6.45) is 2.10. The summed E-state index contributed by atoms with van der Waals surface area (Å²) in [6, 6.07) is 9.87. The smallest absolute Gasteiger partial charge is 0.147 e. The molecular formula is C15H18O2. The molecule has 0 amide bonds. The van der Waals surface area contributed by atoms with Crippen molar-refractivity contribution in [2.75, 3.05) is 0 Å². The summed E-state index contributed by atoms with van der Waals surface area (Å²) in [5.74, 6) is 0.133. The van der Waals surface area contributed by atoms with Crippen molar-refractivity contribution in [3.05, 3.63) is 35.9 Å². The molecule has 17 heavy (non-hydrogen) atoms. The van der Waals surface area contributed by atoms with Crippen LogP contribution in [-0.2, 0) is 9.59 Å². The topological polar surface area (TPSA) is 34.1 Å². The van der Waals surface area contributed by atoms with E-state index >= 15 is 0 Å². The van der Waals surface area contributed by atoms with E-state index in [-0.39, 0.29) is 17.5 Å². The first-order valence-electron chi connectivity index (χ1n) is 6.18. The second-order valence-corrected chi connectivity index (χ2v) is 4.94. The summed E-state index contributed by atoms with van der Waals surface area (Å²) in [7, 11) is 0. The third-order valence-electron chi connectivity index (χ3n) is 4.14. The van der Waals surface area contributed by atoms with Gasteiger partial charge in [-0.1, -0.05) is 37.3 Å². The minimum atomic E-state index is -0.763. The molecule has 0 N–H and O–H groups in total.